The molecule has 1 aliphatic rings. The molecular formula is C15H17FO3S. The molecular weight excluding hydrogens is 279 g/mol. The molecule has 0 atom stereocenters. The van der Waals surface area contributed by atoms with Crippen LogP contribution in [0.3, 0.4) is 0 Å². The number of hydrogen-bond acceptors (Lipinski definition) is 4. The van der Waals surface area contributed by atoms with Crippen molar-refractivity contribution in [3.8, 4) is 0 Å². The molecule has 1 aromatic carbocycles. The van der Waals surface area contributed by atoms with Gasteiger partial charge in [-0.25, -0.2) is 4.39 Å². The molecule has 5 heteroatoms. The lowest BCUT2D eigenvalue weighted by Crippen LogP contribution is -2.14. The van der Waals surface area contributed by atoms with Gasteiger partial charge >= 0.3 is 5.97 Å². The van der Waals surface area contributed by atoms with Crippen molar-refractivity contribution < 1.29 is 18.7 Å². The molecule has 0 heterocycles. The van der Waals surface area contributed by atoms with Crippen LogP contribution in [0.2, 0.25) is 0 Å². The van der Waals surface area contributed by atoms with E-state index in [-0.39, 0.29) is 28.5 Å². The number of carbonyl (C=O) groups is 2. The number of thioether (sulfide) groups is 1. The van der Waals surface area contributed by atoms with Crippen molar-refractivity contribution >= 4 is 23.5 Å². The number of benzene rings is 1. The van der Waals surface area contributed by atoms with Crippen molar-refractivity contribution in [2.45, 2.75) is 19.3 Å². The van der Waals surface area contributed by atoms with E-state index in [0.29, 0.717) is 6.42 Å². The summed E-state index contributed by atoms with van der Waals surface area (Å²) in [7, 11) is 1.38. The van der Waals surface area contributed by atoms with E-state index in [9.17, 15) is 14.0 Å². The number of ether oxygens (including phenoxy) is 1. The molecule has 0 amide bonds. The minimum atomic E-state index is -0.478. The molecule has 0 bridgehead atoms. The first-order valence-electron chi connectivity index (χ1n) is 6.49. The van der Waals surface area contributed by atoms with Crippen LogP contribution < -0.4 is 0 Å². The first-order chi connectivity index (χ1) is 9.56. The maximum atomic E-state index is 13.4. The Balaban J connectivity index is 1.80. The molecule has 0 N–H and O–H groups in total. The van der Waals surface area contributed by atoms with Gasteiger partial charge in [-0.3, -0.25) is 9.59 Å². The Bertz CT molecular complexity index is 512. The lowest BCUT2D eigenvalue weighted by Gasteiger charge is -2.12. The van der Waals surface area contributed by atoms with Gasteiger partial charge in [0.15, 0.2) is 5.78 Å². The summed E-state index contributed by atoms with van der Waals surface area (Å²) < 4.78 is 18.1. The van der Waals surface area contributed by atoms with Crippen LogP contribution in [0, 0.1) is 11.2 Å². The minimum Gasteiger partial charge on any atom is -0.469 e. The van der Waals surface area contributed by atoms with E-state index in [4.69, 9.17) is 0 Å². The number of hydrogen-bond donors (Lipinski definition) is 0. The Morgan fingerprint density at radius 3 is 2.65 bits per heavy atom. The van der Waals surface area contributed by atoms with Gasteiger partial charge in [0.25, 0.3) is 0 Å². The first kappa shape index (κ1) is 15.0. The average molecular weight is 296 g/mol. The highest BCUT2D eigenvalue weighted by Gasteiger charge is 2.44. The topological polar surface area (TPSA) is 43.4 Å². The number of esters is 1. The predicted molar refractivity (Wildman–Crippen MR) is 76.4 cm³/mol. The summed E-state index contributed by atoms with van der Waals surface area (Å²) in [4.78, 5) is 23.2. The molecule has 1 fully saturated rings. The smallest absolute Gasteiger partial charge is 0.306 e. The summed E-state index contributed by atoms with van der Waals surface area (Å²) in [6.07, 6.45) is 2.39. The third-order valence-electron chi connectivity index (χ3n) is 3.52. The molecule has 1 aromatic rings. The van der Waals surface area contributed by atoms with Gasteiger partial charge in [-0.05, 0) is 36.1 Å². The summed E-state index contributed by atoms with van der Waals surface area (Å²) in [6, 6.07) is 6.01. The Labute approximate surface area is 121 Å². The van der Waals surface area contributed by atoms with E-state index < -0.39 is 5.82 Å². The Kier molecular flexibility index (Phi) is 4.81. The fourth-order valence-electron chi connectivity index (χ4n) is 2.05. The van der Waals surface area contributed by atoms with Crippen LogP contribution in [0.25, 0.3) is 0 Å². The first-order valence-corrected chi connectivity index (χ1v) is 7.64. The second-order valence-electron chi connectivity index (χ2n) is 5.15. The molecule has 20 heavy (non-hydrogen) atoms. The van der Waals surface area contributed by atoms with Crippen LogP contribution in [0.1, 0.15) is 29.6 Å². The summed E-state index contributed by atoms with van der Waals surface area (Å²) in [6.45, 7) is 0. The van der Waals surface area contributed by atoms with E-state index in [2.05, 4.69) is 4.74 Å². The van der Waals surface area contributed by atoms with Crippen LogP contribution >= 0.6 is 11.8 Å². The molecule has 0 spiro atoms. The third kappa shape index (κ3) is 3.82. The van der Waals surface area contributed by atoms with Gasteiger partial charge in [0.2, 0.25) is 0 Å². The monoisotopic (exact) mass is 296 g/mol. The molecule has 0 radical (unpaired) electrons. The number of methoxy groups -OCH3 is 1. The maximum Gasteiger partial charge on any atom is 0.306 e. The van der Waals surface area contributed by atoms with Gasteiger partial charge < -0.3 is 4.74 Å². The summed E-state index contributed by atoms with van der Waals surface area (Å²) in [5.74, 6) is 0.0888. The summed E-state index contributed by atoms with van der Waals surface area (Å²) in [5, 5.41) is 0. The quantitative estimate of drug-likeness (QED) is 0.573. The second-order valence-corrected chi connectivity index (χ2v) is 6.13. The van der Waals surface area contributed by atoms with Gasteiger partial charge in [-0.15, -0.1) is 0 Å². The number of carbonyl (C=O) groups excluding carboxylic acids is 2. The normalized spacial score (nSPS) is 15.7. The van der Waals surface area contributed by atoms with Gasteiger partial charge in [0, 0.05) is 0 Å². The van der Waals surface area contributed by atoms with Crippen molar-refractivity contribution in [2.75, 3.05) is 18.6 Å². The molecule has 0 unspecified atom stereocenters. The highest BCUT2D eigenvalue weighted by Crippen LogP contribution is 2.51. The maximum absolute atomic E-state index is 13.4. The fraction of sp³-hybridized carbons (Fsp3) is 0.467. The molecule has 2 rings (SSSR count). The Morgan fingerprint density at radius 2 is 2.05 bits per heavy atom. The zero-order valence-corrected chi connectivity index (χ0v) is 12.2. The standard InChI is InChI=1S/C15H17FO3S/c1-19-14(18)8-15(6-7-15)10-20-9-13(17)11-4-2-3-5-12(11)16/h2-5H,6-10H2,1H3. The van der Waals surface area contributed by atoms with Crippen molar-refractivity contribution in [1.29, 1.82) is 0 Å². The number of rotatable bonds is 7. The van der Waals surface area contributed by atoms with Crippen molar-refractivity contribution in [1.82, 2.24) is 0 Å². The molecule has 1 saturated carbocycles. The van der Waals surface area contributed by atoms with Crippen LogP contribution in [-0.2, 0) is 9.53 Å². The van der Waals surface area contributed by atoms with Crippen LogP contribution in [0.4, 0.5) is 4.39 Å². The highest BCUT2D eigenvalue weighted by molar-refractivity contribution is 8.00. The van der Waals surface area contributed by atoms with Crippen molar-refractivity contribution in [3.05, 3.63) is 35.6 Å². The summed E-state index contributed by atoms with van der Waals surface area (Å²) >= 11 is 1.46. The van der Waals surface area contributed by atoms with Crippen molar-refractivity contribution in [3.63, 3.8) is 0 Å². The fourth-order valence-corrected chi connectivity index (χ4v) is 3.32. The van der Waals surface area contributed by atoms with E-state index in [1.165, 1.54) is 31.0 Å². The average Bonchev–Trinajstić information content (AvgIpc) is 3.18. The zero-order valence-electron chi connectivity index (χ0n) is 11.4. The van der Waals surface area contributed by atoms with Gasteiger partial charge in [0.1, 0.15) is 5.82 Å². The van der Waals surface area contributed by atoms with E-state index in [0.717, 1.165) is 18.6 Å². The lowest BCUT2D eigenvalue weighted by molar-refractivity contribution is -0.141. The molecule has 3 nitrogen and oxygen atoms in total. The second kappa shape index (κ2) is 6.39. The summed E-state index contributed by atoms with van der Waals surface area (Å²) in [5.41, 5.74) is 0.130. The number of Topliss-reactive ketones (excluding diaryl/α,β-unsaturated/α-hetero) is 1. The minimum absolute atomic E-state index is 0.00667. The molecule has 0 saturated heterocycles. The molecule has 0 aliphatic heterocycles. The van der Waals surface area contributed by atoms with Crippen molar-refractivity contribution in [2.24, 2.45) is 5.41 Å². The Hall–Kier alpha value is -1.36. The van der Waals surface area contributed by atoms with E-state index in [1.54, 1.807) is 12.1 Å². The van der Waals surface area contributed by atoms with E-state index in [1.807, 2.05) is 0 Å². The number of halogens is 1. The Morgan fingerprint density at radius 1 is 1.35 bits per heavy atom. The third-order valence-corrected chi connectivity index (χ3v) is 4.80. The molecule has 0 aromatic heterocycles. The van der Waals surface area contributed by atoms with E-state index >= 15 is 0 Å². The largest absolute Gasteiger partial charge is 0.469 e. The highest BCUT2D eigenvalue weighted by atomic mass is 32.2. The van der Waals surface area contributed by atoms with Crippen LogP contribution in [-0.4, -0.2) is 30.4 Å². The SMILES string of the molecule is COC(=O)CC1(CSCC(=O)c2ccccc2F)CC1. The zero-order chi connectivity index (χ0) is 14.6. The van der Waals surface area contributed by atoms with Crippen LogP contribution in [0.5, 0.6) is 0 Å². The molecule has 108 valence electrons. The van der Waals surface area contributed by atoms with Gasteiger partial charge in [0.05, 0.1) is 24.8 Å². The van der Waals surface area contributed by atoms with Crippen LogP contribution in [0.15, 0.2) is 24.3 Å². The lowest BCUT2D eigenvalue weighted by atomic mass is 10.1. The van der Waals surface area contributed by atoms with Gasteiger partial charge in [-0.1, -0.05) is 12.1 Å². The predicted octanol–water partition coefficient (Wildman–Crippen LogP) is 3.08. The molecule has 1 aliphatic carbocycles. The number of ketones is 1. The van der Waals surface area contributed by atoms with Gasteiger partial charge in [-0.2, -0.15) is 11.8 Å².